The molecule has 0 aromatic carbocycles. The van der Waals surface area contributed by atoms with Gasteiger partial charge in [-0.25, -0.2) is 14.8 Å². The van der Waals surface area contributed by atoms with Crippen LogP contribution in [0.2, 0.25) is 0 Å². The summed E-state index contributed by atoms with van der Waals surface area (Å²) in [5.41, 5.74) is 5.49. The van der Waals surface area contributed by atoms with E-state index in [1.54, 1.807) is 0 Å². The highest BCUT2D eigenvalue weighted by Crippen LogP contribution is 2.55. The second-order valence-corrected chi connectivity index (χ2v) is 8.73. The Labute approximate surface area is 150 Å². The molecule has 0 atom stereocenters. The number of carbonyl (C=O) groups excluding carboxylic acids is 1. The minimum atomic E-state index is -1.16. The number of anilines is 1. The van der Waals surface area contributed by atoms with Crippen molar-refractivity contribution in [1.82, 2.24) is 15.3 Å². The van der Waals surface area contributed by atoms with Gasteiger partial charge in [-0.2, -0.15) is 0 Å². The van der Waals surface area contributed by atoms with Crippen LogP contribution in [-0.2, 0) is 4.79 Å². The van der Waals surface area contributed by atoms with Gasteiger partial charge in [0, 0.05) is 11.7 Å². The molecule has 7 nitrogen and oxygen atoms in total. The van der Waals surface area contributed by atoms with Crippen LogP contribution >= 0.6 is 11.8 Å². The van der Waals surface area contributed by atoms with Gasteiger partial charge in [0.2, 0.25) is 5.91 Å². The van der Waals surface area contributed by atoms with Crippen LogP contribution in [0.4, 0.5) is 5.82 Å². The lowest BCUT2D eigenvalue weighted by molar-refractivity contribution is -0.124. The van der Waals surface area contributed by atoms with E-state index in [1.165, 1.54) is 37.2 Å². The van der Waals surface area contributed by atoms with Crippen LogP contribution in [0, 0.1) is 17.8 Å². The smallest absolute Gasteiger partial charge is 0.341 e. The van der Waals surface area contributed by atoms with Crippen molar-refractivity contribution < 1.29 is 14.7 Å². The quantitative estimate of drug-likeness (QED) is 0.541. The molecule has 0 radical (unpaired) electrons. The lowest BCUT2D eigenvalue weighted by atomic mass is 9.53. The van der Waals surface area contributed by atoms with E-state index in [1.807, 2.05) is 0 Å². The standard InChI is InChI=1S/C17H22N4O3S/c18-14-12(15(23)24)7-19-16(20-14)25-8-13(22)21-17-4-9-1-10(5-17)3-11(2-9)6-17/h7,9-11H,1-6,8H2,(H,21,22)(H,23,24)(H2,18,19,20). The van der Waals surface area contributed by atoms with E-state index in [2.05, 4.69) is 15.3 Å². The molecule has 0 aliphatic heterocycles. The van der Waals surface area contributed by atoms with Gasteiger partial charge in [0.05, 0.1) is 5.75 Å². The Morgan fingerprint density at radius 3 is 2.36 bits per heavy atom. The second kappa shape index (κ2) is 6.16. The number of hydrogen-bond donors (Lipinski definition) is 3. The van der Waals surface area contributed by atoms with E-state index in [0.29, 0.717) is 5.16 Å². The number of nitrogen functional groups attached to an aromatic ring is 1. The molecule has 1 aromatic rings. The van der Waals surface area contributed by atoms with Crippen molar-refractivity contribution in [3.8, 4) is 0 Å². The van der Waals surface area contributed by atoms with Crippen LogP contribution in [0.3, 0.4) is 0 Å². The summed E-state index contributed by atoms with van der Waals surface area (Å²) in [5, 5.41) is 12.6. The van der Waals surface area contributed by atoms with Crippen LogP contribution in [0.15, 0.2) is 11.4 Å². The van der Waals surface area contributed by atoms with E-state index in [9.17, 15) is 9.59 Å². The fourth-order valence-corrected chi connectivity index (χ4v) is 5.96. The number of aromatic nitrogens is 2. The Hall–Kier alpha value is -1.83. The predicted octanol–water partition coefficient (Wildman–Crippen LogP) is 1.93. The van der Waals surface area contributed by atoms with Gasteiger partial charge < -0.3 is 16.2 Å². The number of amides is 1. The maximum Gasteiger partial charge on any atom is 0.341 e. The fraction of sp³-hybridized carbons (Fsp3) is 0.647. The van der Waals surface area contributed by atoms with Gasteiger partial charge in [-0.15, -0.1) is 0 Å². The van der Waals surface area contributed by atoms with Crippen molar-refractivity contribution >= 4 is 29.5 Å². The van der Waals surface area contributed by atoms with E-state index in [4.69, 9.17) is 10.8 Å². The summed E-state index contributed by atoms with van der Waals surface area (Å²) in [6, 6.07) is 0. The van der Waals surface area contributed by atoms with Gasteiger partial charge in [0.15, 0.2) is 5.16 Å². The van der Waals surface area contributed by atoms with Gasteiger partial charge in [-0.3, -0.25) is 4.79 Å². The summed E-state index contributed by atoms with van der Waals surface area (Å²) >= 11 is 1.18. The van der Waals surface area contributed by atoms with Gasteiger partial charge in [-0.1, -0.05) is 11.8 Å². The molecular formula is C17H22N4O3S. The Balaban J connectivity index is 1.35. The number of thioether (sulfide) groups is 1. The van der Waals surface area contributed by atoms with Crippen molar-refractivity contribution in [2.45, 2.75) is 49.2 Å². The SMILES string of the molecule is Nc1nc(SCC(=O)NC23CC4CC(CC(C4)C2)C3)ncc1C(=O)O. The molecule has 4 aliphatic carbocycles. The van der Waals surface area contributed by atoms with Crippen molar-refractivity contribution in [3.63, 3.8) is 0 Å². The number of carbonyl (C=O) groups is 2. The molecule has 0 saturated heterocycles. The van der Waals surface area contributed by atoms with Gasteiger partial charge in [0.1, 0.15) is 11.4 Å². The normalized spacial score (nSPS) is 32.6. The molecule has 8 heteroatoms. The van der Waals surface area contributed by atoms with E-state index >= 15 is 0 Å². The Morgan fingerprint density at radius 1 is 1.24 bits per heavy atom. The summed E-state index contributed by atoms with van der Waals surface area (Å²) in [5.74, 6) is 1.33. The molecule has 1 aromatic heterocycles. The maximum atomic E-state index is 12.4. The lowest BCUT2D eigenvalue weighted by Gasteiger charge is -2.56. The summed E-state index contributed by atoms with van der Waals surface area (Å²) < 4.78 is 0. The number of rotatable bonds is 5. The molecule has 1 amide bonds. The maximum absolute atomic E-state index is 12.4. The number of nitrogens with zero attached hydrogens (tertiary/aromatic N) is 2. The third kappa shape index (κ3) is 3.31. The van der Waals surface area contributed by atoms with Crippen molar-refractivity contribution in [2.24, 2.45) is 17.8 Å². The first kappa shape index (κ1) is 16.6. The van der Waals surface area contributed by atoms with E-state index in [-0.39, 0.29) is 28.6 Å². The highest BCUT2D eigenvalue weighted by Gasteiger charge is 2.51. The Morgan fingerprint density at radius 2 is 1.84 bits per heavy atom. The molecule has 0 unspecified atom stereocenters. The minimum absolute atomic E-state index is 0.000552. The minimum Gasteiger partial charge on any atom is -0.477 e. The average molecular weight is 362 g/mol. The molecule has 4 aliphatic rings. The van der Waals surface area contributed by atoms with Gasteiger partial charge >= 0.3 is 5.97 Å². The molecule has 1 heterocycles. The van der Waals surface area contributed by atoms with Crippen LogP contribution in [0.1, 0.15) is 48.9 Å². The molecule has 4 fully saturated rings. The summed E-state index contributed by atoms with van der Waals surface area (Å²) in [7, 11) is 0. The monoisotopic (exact) mass is 362 g/mol. The van der Waals surface area contributed by atoms with Crippen molar-refractivity contribution in [1.29, 1.82) is 0 Å². The van der Waals surface area contributed by atoms with Crippen molar-refractivity contribution in [2.75, 3.05) is 11.5 Å². The molecule has 5 rings (SSSR count). The number of nitrogens with one attached hydrogen (secondary N) is 1. The van der Waals surface area contributed by atoms with Gasteiger partial charge in [-0.05, 0) is 56.3 Å². The predicted molar refractivity (Wildman–Crippen MR) is 93.2 cm³/mol. The first-order valence-corrected chi connectivity index (χ1v) is 9.71. The zero-order valence-electron chi connectivity index (χ0n) is 13.9. The fourth-order valence-electron chi connectivity index (χ4n) is 5.34. The molecule has 134 valence electrons. The summed E-state index contributed by atoms with van der Waals surface area (Å²) in [6.45, 7) is 0. The van der Waals surface area contributed by atoms with Crippen molar-refractivity contribution in [3.05, 3.63) is 11.8 Å². The molecule has 0 spiro atoms. The number of hydrogen-bond acceptors (Lipinski definition) is 6. The highest BCUT2D eigenvalue weighted by molar-refractivity contribution is 7.99. The highest BCUT2D eigenvalue weighted by atomic mass is 32.2. The summed E-state index contributed by atoms with van der Waals surface area (Å²) in [6.07, 6.45) is 8.56. The first-order valence-electron chi connectivity index (χ1n) is 8.72. The molecule has 4 N–H and O–H groups in total. The zero-order valence-corrected chi connectivity index (χ0v) is 14.7. The Kier molecular flexibility index (Phi) is 4.10. The Bertz CT molecular complexity index is 689. The zero-order chi connectivity index (χ0) is 17.6. The first-order chi connectivity index (χ1) is 11.9. The van der Waals surface area contributed by atoms with Crippen LogP contribution < -0.4 is 11.1 Å². The van der Waals surface area contributed by atoms with E-state index < -0.39 is 5.97 Å². The molecule has 4 bridgehead atoms. The van der Waals surface area contributed by atoms with E-state index in [0.717, 1.165) is 37.0 Å². The largest absolute Gasteiger partial charge is 0.477 e. The third-order valence-corrected chi connectivity index (χ3v) is 6.66. The number of aromatic carboxylic acids is 1. The average Bonchev–Trinajstić information content (AvgIpc) is 2.50. The second-order valence-electron chi connectivity index (χ2n) is 7.79. The third-order valence-electron chi connectivity index (χ3n) is 5.80. The lowest BCUT2D eigenvalue weighted by Crippen LogP contribution is -2.60. The van der Waals surface area contributed by atoms with Crippen LogP contribution in [-0.4, -0.2) is 38.2 Å². The molecular weight excluding hydrogens is 340 g/mol. The number of nitrogens with two attached hydrogens (primary N) is 1. The topological polar surface area (TPSA) is 118 Å². The van der Waals surface area contributed by atoms with Crippen LogP contribution in [0.5, 0.6) is 0 Å². The molecule has 4 saturated carbocycles. The number of carboxylic acid groups (broad SMARTS) is 1. The molecule has 25 heavy (non-hydrogen) atoms. The van der Waals surface area contributed by atoms with Crippen LogP contribution in [0.25, 0.3) is 0 Å². The summed E-state index contributed by atoms with van der Waals surface area (Å²) in [4.78, 5) is 31.3. The number of carboxylic acids is 1. The van der Waals surface area contributed by atoms with Gasteiger partial charge in [0.25, 0.3) is 0 Å².